The van der Waals surface area contributed by atoms with Gasteiger partial charge in [0.1, 0.15) is 12.1 Å². The molecule has 1 aliphatic rings. The molecule has 34 heavy (non-hydrogen) atoms. The summed E-state index contributed by atoms with van der Waals surface area (Å²) in [6.45, 7) is 4.03. The number of benzene rings is 2. The number of rotatable bonds is 7. The predicted octanol–water partition coefficient (Wildman–Crippen LogP) is 4.25. The van der Waals surface area contributed by atoms with Crippen LogP contribution in [-0.2, 0) is 14.4 Å². The van der Waals surface area contributed by atoms with E-state index in [4.69, 9.17) is 0 Å². The molecule has 0 aliphatic carbocycles. The van der Waals surface area contributed by atoms with E-state index in [1.165, 1.54) is 11.3 Å². The van der Waals surface area contributed by atoms with E-state index in [-0.39, 0.29) is 23.6 Å². The van der Waals surface area contributed by atoms with Crippen LogP contribution in [0.2, 0.25) is 0 Å². The van der Waals surface area contributed by atoms with Crippen LogP contribution < -0.4 is 10.6 Å². The van der Waals surface area contributed by atoms with Crippen LogP contribution in [0.1, 0.15) is 38.3 Å². The van der Waals surface area contributed by atoms with Crippen molar-refractivity contribution in [1.82, 2.24) is 15.2 Å². The van der Waals surface area contributed by atoms with E-state index in [9.17, 15) is 14.4 Å². The molecule has 3 aromatic rings. The van der Waals surface area contributed by atoms with Gasteiger partial charge in [0.2, 0.25) is 17.7 Å². The smallest absolute Gasteiger partial charge is 0.250 e. The van der Waals surface area contributed by atoms with Gasteiger partial charge in [0.15, 0.2) is 5.13 Å². The van der Waals surface area contributed by atoms with Gasteiger partial charge in [-0.2, -0.15) is 0 Å². The third-order valence-electron chi connectivity index (χ3n) is 5.83. The highest BCUT2D eigenvalue weighted by Crippen LogP contribution is 2.28. The Bertz CT molecular complexity index is 1150. The number of anilines is 1. The number of hydrogen-bond donors (Lipinski definition) is 2. The quantitative estimate of drug-likeness (QED) is 0.533. The predicted molar refractivity (Wildman–Crippen MR) is 133 cm³/mol. The Morgan fingerprint density at radius 1 is 1.03 bits per heavy atom. The second-order valence-electron chi connectivity index (χ2n) is 8.59. The van der Waals surface area contributed by atoms with Crippen LogP contribution in [0, 0.1) is 5.92 Å². The number of nitrogens with zero attached hydrogens (tertiary/aromatic N) is 2. The fourth-order valence-electron chi connectivity index (χ4n) is 3.97. The average Bonchev–Trinajstić information content (AvgIpc) is 3.53. The van der Waals surface area contributed by atoms with Crippen LogP contribution in [0.15, 0.2) is 66.0 Å². The molecule has 0 spiro atoms. The molecule has 1 fully saturated rings. The molecule has 2 aromatic carbocycles. The van der Waals surface area contributed by atoms with Gasteiger partial charge < -0.3 is 15.5 Å². The third kappa shape index (κ3) is 5.34. The summed E-state index contributed by atoms with van der Waals surface area (Å²) >= 11 is 1.35. The van der Waals surface area contributed by atoms with Gasteiger partial charge >= 0.3 is 0 Å². The van der Waals surface area contributed by atoms with Crippen molar-refractivity contribution < 1.29 is 14.4 Å². The normalized spacial score (nSPS) is 16.3. The Balaban J connectivity index is 1.50. The zero-order valence-electron chi connectivity index (χ0n) is 19.2. The zero-order valence-corrected chi connectivity index (χ0v) is 20.0. The Kier molecular flexibility index (Phi) is 7.37. The molecule has 2 heterocycles. The van der Waals surface area contributed by atoms with Crippen molar-refractivity contribution >= 4 is 34.2 Å². The summed E-state index contributed by atoms with van der Waals surface area (Å²) in [5.41, 5.74) is 2.46. The van der Waals surface area contributed by atoms with Crippen molar-refractivity contribution in [2.24, 2.45) is 5.92 Å². The van der Waals surface area contributed by atoms with Crippen LogP contribution in [0.4, 0.5) is 5.13 Å². The topological polar surface area (TPSA) is 91.4 Å². The third-order valence-corrected chi connectivity index (χ3v) is 6.59. The molecule has 0 saturated carbocycles. The molecule has 1 aromatic heterocycles. The maximum atomic E-state index is 13.6. The van der Waals surface area contributed by atoms with E-state index < -0.39 is 12.1 Å². The first kappa shape index (κ1) is 23.6. The zero-order chi connectivity index (χ0) is 24.1. The number of carbonyl (C=O) groups excluding carboxylic acids is 3. The molecule has 1 saturated heterocycles. The number of likely N-dealkylation sites (tertiary alicyclic amines) is 1. The summed E-state index contributed by atoms with van der Waals surface area (Å²) in [4.78, 5) is 45.3. The first-order valence-corrected chi connectivity index (χ1v) is 12.3. The Morgan fingerprint density at radius 3 is 2.38 bits per heavy atom. The van der Waals surface area contributed by atoms with Gasteiger partial charge in [-0.1, -0.05) is 74.5 Å². The number of thiazole rings is 1. The highest BCUT2D eigenvalue weighted by molar-refractivity contribution is 7.14. The minimum absolute atomic E-state index is 0.210. The summed E-state index contributed by atoms with van der Waals surface area (Å²) < 4.78 is 0. The summed E-state index contributed by atoms with van der Waals surface area (Å²) in [6, 6.07) is 17.5. The van der Waals surface area contributed by atoms with Crippen molar-refractivity contribution in [3.05, 3.63) is 71.6 Å². The van der Waals surface area contributed by atoms with Crippen LogP contribution >= 0.6 is 11.3 Å². The van der Waals surface area contributed by atoms with Gasteiger partial charge in [-0.3, -0.25) is 14.4 Å². The lowest BCUT2D eigenvalue weighted by Gasteiger charge is -2.29. The first-order valence-electron chi connectivity index (χ1n) is 11.4. The average molecular weight is 477 g/mol. The molecule has 0 unspecified atom stereocenters. The van der Waals surface area contributed by atoms with Crippen LogP contribution in [-0.4, -0.2) is 40.2 Å². The SMILES string of the molecule is CC(C)C(=O)N[C@@H](C(=O)N1CCC[C@H]1C(=O)Nc1nc(-c2ccccc2)cs1)c1ccccc1. The van der Waals surface area contributed by atoms with Gasteiger partial charge in [0.05, 0.1) is 5.69 Å². The Labute approximate surface area is 203 Å². The van der Waals surface area contributed by atoms with Crippen molar-refractivity contribution in [1.29, 1.82) is 0 Å². The van der Waals surface area contributed by atoms with Crippen molar-refractivity contribution in [3.8, 4) is 11.3 Å². The number of carbonyl (C=O) groups is 3. The van der Waals surface area contributed by atoms with E-state index in [0.717, 1.165) is 17.7 Å². The molecule has 3 amide bonds. The molecule has 8 heteroatoms. The van der Waals surface area contributed by atoms with Crippen molar-refractivity contribution in [2.75, 3.05) is 11.9 Å². The lowest BCUT2D eigenvalue weighted by molar-refractivity contribution is -0.140. The molecule has 1 aliphatic heterocycles. The monoisotopic (exact) mass is 476 g/mol. The Hall–Kier alpha value is -3.52. The van der Waals surface area contributed by atoms with E-state index in [0.29, 0.717) is 23.7 Å². The van der Waals surface area contributed by atoms with E-state index in [1.54, 1.807) is 18.7 Å². The van der Waals surface area contributed by atoms with E-state index in [2.05, 4.69) is 15.6 Å². The Morgan fingerprint density at radius 2 is 1.71 bits per heavy atom. The lowest BCUT2D eigenvalue weighted by atomic mass is 10.0. The van der Waals surface area contributed by atoms with E-state index >= 15 is 0 Å². The molecule has 7 nitrogen and oxygen atoms in total. The fraction of sp³-hybridized carbons (Fsp3) is 0.308. The van der Waals surface area contributed by atoms with Crippen molar-refractivity contribution in [2.45, 2.75) is 38.8 Å². The van der Waals surface area contributed by atoms with Crippen LogP contribution in [0.5, 0.6) is 0 Å². The first-order chi connectivity index (χ1) is 16.4. The van der Waals surface area contributed by atoms with E-state index in [1.807, 2.05) is 66.0 Å². The fourth-order valence-corrected chi connectivity index (χ4v) is 4.69. The summed E-state index contributed by atoms with van der Waals surface area (Å²) in [5.74, 6) is -1.01. The number of amides is 3. The van der Waals surface area contributed by atoms with Gasteiger partial charge in [0.25, 0.3) is 0 Å². The highest BCUT2D eigenvalue weighted by atomic mass is 32.1. The van der Waals surface area contributed by atoms with Crippen molar-refractivity contribution in [3.63, 3.8) is 0 Å². The standard InChI is InChI=1S/C26H28N4O3S/c1-17(2)23(31)28-22(19-12-7-4-8-13-19)25(33)30-15-9-14-21(30)24(32)29-26-27-20(16-34-26)18-10-5-3-6-11-18/h3-8,10-13,16-17,21-22H,9,14-15H2,1-2H3,(H,28,31)(H,27,29,32)/t21-,22+/m0/s1. The van der Waals surface area contributed by atoms with Gasteiger partial charge in [-0.05, 0) is 18.4 Å². The highest BCUT2D eigenvalue weighted by Gasteiger charge is 2.38. The number of nitrogens with one attached hydrogen (secondary N) is 2. The van der Waals surface area contributed by atoms with Gasteiger partial charge in [-0.15, -0.1) is 11.3 Å². The maximum Gasteiger partial charge on any atom is 0.250 e. The molecule has 176 valence electrons. The minimum Gasteiger partial charge on any atom is -0.340 e. The van der Waals surface area contributed by atoms with Gasteiger partial charge in [0, 0.05) is 23.4 Å². The van der Waals surface area contributed by atoms with Gasteiger partial charge in [-0.25, -0.2) is 4.98 Å². The largest absolute Gasteiger partial charge is 0.340 e. The molecular weight excluding hydrogens is 448 g/mol. The molecular formula is C26H28N4O3S. The molecule has 0 bridgehead atoms. The lowest BCUT2D eigenvalue weighted by Crippen LogP contribution is -2.49. The minimum atomic E-state index is -0.839. The second kappa shape index (κ2) is 10.6. The molecule has 2 N–H and O–H groups in total. The molecule has 2 atom stereocenters. The molecule has 4 rings (SSSR count). The summed E-state index contributed by atoms with van der Waals surface area (Å²) in [7, 11) is 0. The van der Waals surface area contributed by atoms with Crippen LogP contribution in [0.3, 0.4) is 0 Å². The van der Waals surface area contributed by atoms with Crippen LogP contribution in [0.25, 0.3) is 11.3 Å². The second-order valence-corrected chi connectivity index (χ2v) is 9.45. The number of aromatic nitrogens is 1. The molecule has 0 radical (unpaired) electrons. The summed E-state index contributed by atoms with van der Waals surface area (Å²) in [6.07, 6.45) is 1.28. The number of hydrogen-bond acceptors (Lipinski definition) is 5. The maximum absolute atomic E-state index is 13.6. The summed E-state index contributed by atoms with van der Waals surface area (Å²) in [5, 5.41) is 8.15.